The van der Waals surface area contributed by atoms with Crippen molar-refractivity contribution in [2.24, 2.45) is 0 Å². The minimum Gasteiger partial charge on any atom is -0.372 e. The summed E-state index contributed by atoms with van der Waals surface area (Å²) in [7, 11) is 0. The zero-order valence-corrected chi connectivity index (χ0v) is 15.7. The predicted octanol–water partition coefficient (Wildman–Crippen LogP) is 2.53. The fourth-order valence-electron chi connectivity index (χ4n) is 4.02. The van der Waals surface area contributed by atoms with E-state index in [0.717, 1.165) is 63.9 Å². The van der Waals surface area contributed by atoms with Crippen LogP contribution >= 0.6 is 24.8 Å². The first kappa shape index (κ1) is 19.9. The molecule has 138 valence electrons. The first-order chi connectivity index (χ1) is 10.8. The van der Waals surface area contributed by atoms with Gasteiger partial charge in [-0.1, -0.05) is 18.0 Å². The molecule has 24 heavy (non-hydrogen) atoms. The maximum atomic E-state index is 6.04. The number of nitrogens with one attached hydrogen (secondary N) is 1. The number of rotatable bonds is 3. The molecule has 0 unspecified atom stereocenters. The minimum absolute atomic E-state index is 0. The van der Waals surface area contributed by atoms with Crippen LogP contribution in [-0.4, -0.2) is 53.4 Å². The molecule has 3 heterocycles. The Morgan fingerprint density at radius 3 is 2.58 bits per heavy atom. The third-order valence-corrected chi connectivity index (χ3v) is 5.45. The van der Waals surface area contributed by atoms with E-state index in [9.17, 15) is 0 Å². The summed E-state index contributed by atoms with van der Waals surface area (Å²) in [6.07, 6.45) is 7.19. The largest absolute Gasteiger partial charge is 0.372 e. The summed E-state index contributed by atoms with van der Waals surface area (Å²) < 4.78 is 11.5. The summed E-state index contributed by atoms with van der Waals surface area (Å²) in [5.41, 5.74) is 0.0704. The maximum Gasteiger partial charge on any atom is 0.229 e. The van der Waals surface area contributed by atoms with E-state index in [1.165, 1.54) is 25.7 Å². The summed E-state index contributed by atoms with van der Waals surface area (Å²) >= 11 is 0. The highest BCUT2D eigenvalue weighted by Gasteiger charge is 2.37. The molecule has 0 atom stereocenters. The number of hydrogen-bond acceptors (Lipinski definition) is 6. The number of piperidine rings is 1. The Morgan fingerprint density at radius 2 is 1.92 bits per heavy atom. The molecule has 1 saturated carbocycles. The van der Waals surface area contributed by atoms with Gasteiger partial charge in [0.1, 0.15) is 0 Å². The fraction of sp³-hybridized carbons (Fsp3) is 0.875. The third kappa shape index (κ3) is 4.41. The molecule has 0 amide bonds. The van der Waals surface area contributed by atoms with Gasteiger partial charge in [-0.15, -0.1) is 24.8 Å². The van der Waals surface area contributed by atoms with Crippen molar-refractivity contribution in [2.75, 3.05) is 32.8 Å². The van der Waals surface area contributed by atoms with Crippen LogP contribution in [0.2, 0.25) is 0 Å². The average Bonchev–Trinajstić information content (AvgIpc) is 3.22. The topological polar surface area (TPSA) is 63.4 Å². The van der Waals surface area contributed by atoms with E-state index in [1.807, 2.05) is 0 Å². The first-order valence-electron chi connectivity index (χ1n) is 8.73. The second kappa shape index (κ2) is 8.81. The highest BCUT2D eigenvalue weighted by Crippen LogP contribution is 2.33. The standard InChI is InChI=1S/C16H26N4O2.2ClH/c1-2-4-13(3-1)15-18-14(19-22-15)11-20-8-5-16(6-9-20)12-17-7-10-21-16;;/h13,17H,1-12H2;2*1H. The lowest BCUT2D eigenvalue weighted by atomic mass is 9.90. The fourth-order valence-corrected chi connectivity index (χ4v) is 4.02. The molecular formula is C16H28Cl2N4O2. The van der Waals surface area contributed by atoms with Gasteiger partial charge in [-0.25, -0.2) is 0 Å². The second-order valence-corrected chi connectivity index (χ2v) is 7.01. The highest BCUT2D eigenvalue weighted by molar-refractivity contribution is 5.85. The normalized spacial score (nSPS) is 24.5. The molecule has 1 spiro atoms. The predicted molar refractivity (Wildman–Crippen MR) is 96.1 cm³/mol. The molecule has 6 nitrogen and oxygen atoms in total. The van der Waals surface area contributed by atoms with Crippen molar-refractivity contribution in [3.63, 3.8) is 0 Å². The highest BCUT2D eigenvalue weighted by atomic mass is 35.5. The molecule has 4 rings (SSSR count). The van der Waals surface area contributed by atoms with E-state index in [0.29, 0.717) is 5.92 Å². The number of aromatic nitrogens is 2. The molecule has 1 aromatic heterocycles. The lowest BCUT2D eigenvalue weighted by molar-refractivity contribution is -0.101. The van der Waals surface area contributed by atoms with Crippen molar-refractivity contribution in [1.29, 1.82) is 0 Å². The van der Waals surface area contributed by atoms with Gasteiger partial charge in [-0.05, 0) is 25.7 Å². The van der Waals surface area contributed by atoms with Crippen LogP contribution in [0.5, 0.6) is 0 Å². The van der Waals surface area contributed by atoms with Crippen LogP contribution in [0, 0.1) is 0 Å². The van der Waals surface area contributed by atoms with E-state index in [4.69, 9.17) is 9.26 Å². The molecule has 3 aliphatic rings. The maximum absolute atomic E-state index is 6.04. The number of hydrogen-bond donors (Lipinski definition) is 1. The zero-order chi connectivity index (χ0) is 14.8. The van der Waals surface area contributed by atoms with Crippen LogP contribution in [0.4, 0.5) is 0 Å². The Balaban J connectivity index is 0.00000104. The molecule has 1 N–H and O–H groups in total. The molecular weight excluding hydrogens is 351 g/mol. The number of nitrogens with zero attached hydrogens (tertiary/aromatic N) is 3. The Labute approximate surface area is 155 Å². The molecule has 2 aliphatic heterocycles. The van der Waals surface area contributed by atoms with Crippen LogP contribution in [0.3, 0.4) is 0 Å². The molecule has 8 heteroatoms. The van der Waals surface area contributed by atoms with Crippen LogP contribution in [0.15, 0.2) is 4.52 Å². The van der Waals surface area contributed by atoms with Gasteiger partial charge < -0.3 is 14.6 Å². The lowest BCUT2D eigenvalue weighted by Gasteiger charge is -2.43. The summed E-state index contributed by atoms with van der Waals surface area (Å²) in [5.74, 6) is 2.22. The Morgan fingerprint density at radius 1 is 1.17 bits per heavy atom. The zero-order valence-electron chi connectivity index (χ0n) is 14.0. The molecule has 2 saturated heterocycles. The van der Waals surface area contributed by atoms with E-state index in [1.54, 1.807) is 0 Å². The van der Waals surface area contributed by atoms with Crippen LogP contribution in [0.1, 0.15) is 56.2 Å². The lowest BCUT2D eigenvalue weighted by Crippen LogP contribution is -2.55. The van der Waals surface area contributed by atoms with Crippen LogP contribution < -0.4 is 5.32 Å². The quantitative estimate of drug-likeness (QED) is 0.871. The van der Waals surface area contributed by atoms with Crippen molar-refractivity contribution in [3.8, 4) is 0 Å². The van der Waals surface area contributed by atoms with Gasteiger partial charge in [0.05, 0.1) is 18.8 Å². The summed E-state index contributed by atoms with van der Waals surface area (Å²) in [6.45, 7) is 5.73. The van der Waals surface area contributed by atoms with Crippen LogP contribution in [0.25, 0.3) is 0 Å². The van der Waals surface area contributed by atoms with E-state index in [-0.39, 0.29) is 30.4 Å². The first-order valence-corrected chi connectivity index (χ1v) is 8.73. The summed E-state index contributed by atoms with van der Waals surface area (Å²) in [6, 6.07) is 0. The molecule has 1 aliphatic carbocycles. The van der Waals surface area contributed by atoms with Crippen LogP contribution in [-0.2, 0) is 11.3 Å². The van der Waals surface area contributed by atoms with Gasteiger partial charge in [0.25, 0.3) is 0 Å². The summed E-state index contributed by atoms with van der Waals surface area (Å²) in [4.78, 5) is 7.05. The van der Waals surface area contributed by atoms with Crippen molar-refractivity contribution in [1.82, 2.24) is 20.4 Å². The van der Waals surface area contributed by atoms with Gasteiger partial charge >= 0.3 is 0 Å². The number of ether oxygens (including phenoxy) is 1. The molecule has 0 aromatic carbocycles. The Kier molecular flexibility index (Phi) is 7.31. The third-order valence-electron chi connectivity index (χ3n) is 5.45. The second-order valence-electron chi connectivity index (χ2n) is 7.01. The number of likely N-dealkylation sites (tertiary alicyclic amines) is 1. The van der Waals surface area contributed by atoms with Gasteiger partial charge in [-0.3, -0.25) is 4.90 Å². The van der Waals surface area contributed by atoms with Gasteiger partial charge in [0, 0.05) is 32.1 Å². The van der Waals surface area contributed by atoms with Gasteiger partial charge in [-0.2, -0.15) is 4.98 Å². The smallest absolute Gasteiger partial charge is 0.229 e. The van der Waals surface area contributed by atoms with E-state index in [2.05, 4.69) is 20.4 Å². The molecule has 0 bridgehead atoms. The minimum atomic E-state index is 0. The average molecular weight is 379 g/mol. The number of morpholine rings is 1. The van der Waals surface area contributed by atoms with E-state index >= 15 is 0 Å². The van der Waals surface area contributed by atoms with Crippen molar-refractivity contribution < 1.29 is 9.26 Å². The molecule has 0 radical (unpaired) electrons. The monoisotopic (exact) mass is 378 g/mol. The van der Waals surface area contributed by atoms with Gasteiger partial charge in [0.2, 0.25) is 5.89 Å². The van der Waals surface area contributed by atoms with Crippen molar-refractivity contribution >= 4 is 24.8 Å². The molecule has 1 aromatic rings. The molecule has 3 fully saturated rings. The van der Waals surface area contributed by atoms with Crippen molar-refractivity contribution in [2.45, 2.75) is 56.6 Å². The SMILES string of the molecule is C1CCC(c2nc(CN3CCC4(CC3)CNCCO4)no2)C1.Cl.Cl. The van der Waals surface area contributed by atoms with Crippen molar-refractivity contribution in [3.05, 3.63) is 11.7 Å². The number of halogens is 2. The summed E-state index contributed by atoms with van der Waals surface area (Å²) in [5, 5.41) is 7.65. The Bertz CT molecular complexity index is 492. The van der Waals surface area contributed by atoms with E-state index < -0.39 is 0 Å². The Hall–Kier alpha value is -0.400. The van der Waals surface area contributed by atoms with Gasteiger partial charge in [0.15, 0.2) is 5.82 Å².